The highest BCUT2D eigenvalue weighted by Crippen LogP contribution is 2.30. The van der Waals surface area contributed by atoms with Gasteiger partial charge in [-0.1, -0.05) is 41.6 Å². The fourth-order valence-corrected chi connectivity index (χ4v) is 4.18. The van der Waals surface area contributed by atoms with Gasteiger partial charge in [0.05, 0.1) is 11.4 Å². The maximum Gasteiger partial charge on any atom is 0.387 e. The van der Waals surface area contributed by atoms with Crippen molar-refractivity contribution in [2.45, 2.75) is 18.7 Å². The molecule has 168 valence electrons. The Bertz CT molecular complexity index is 1260. The summed E-state index contributed by atoms with van der Waals surface area (Å²) in [4.78, 5) is 12.7. The number of thioether (sulfide) groups is 1. The number of nitrogens with zero attached hydrogens (tertiary/aromatic N) is 3. The van der Waals surface area contributed by atoms with Crippen molar-refractivity contribution in [3.63, 3.8) is 0 Å². The van der Waals surface area contributed by atoms with Crippen LogP contribution in [0.2, 0.25) is 5.02 Å². The molecule has 4 rings (SSSR count). The molecule has 3 aromatic carbocycles. The number of hydrogen-bond acceptors (Lipinski definition) is 5. The first kappa shape index (κ1) is 22.9. The third-order valence-electron chi connectivity index (χ3n) is 4.83. The molecule has 0 aliphatic heterocycles. The second kappa shape index (κ2) is 10.1. The molecule has 0 aliphatic rings. The second-order valence-electron chi connectivity index (χ2n) is 7.05. The number of alkyl halides is 2. The van der Waals surface area contributed by atoms with E-state index in [2.05, 4.69) is 14.9 Å². The summed E-state index contributed by atoms with van der Waals surface area (Å²) >= 11 is 7.28. The van der Waals surface area contributed by atoms with Crippen LogP contribution in [-0.4, -0.2) is 32.9 Å². The van der Waals surface area contributed by atoms with Crippen molar-refractivity contribution < 1.29 is 18.3 Å². The molecule has 9 heteroatoms. The number of hydrogen-bond donors (Lipinski definition) is 0. The third-order valence-corrected chi connectivity index (χ3v) is 6.01. The Morgan fingerprint density at radius 2 is 1.73 bits per heavy atom. The van der Waals surface area contributed by atoms with E-state index in [4.69, 9.17) is 11.6 Å². The number of halogens is 3. The fraction of sp³-hybridized carbons (Fsp3) is 0.125. The molecule has 0 saturated carbocycles. The summed E-state index contributed by atoms with van der Waals surface area (Å²) in [5.41, 5.74) is 3.15. The molecule has 5 nitrogen and oxygen atoms in total. The van der Waals surface area contributed by atoms with E-state index in [1.807, 2.05) is 47.9 Å². The molecule has 0 radical (unpaired) electrons. The highest BCUT2D eigenvalue weighted by atomic mass is 35.5. The van der Waals surface area contributed by atoms with Crippen LogP contribution in [0.15, 0.2) is 78.0 Å². The molecule has 0 spiro atoms. The van der Waals surface area contributed by atoms with Gasteiger partial charge in [0.1, 0.15) is 5.75 Å². The van der Waals surface area contributed by atoms with Gasteiger partial charge in [0.25, 0.3) is 0 Å². The molecule has 0 aliphatic carbocycles. The lowest BCUT2D eigenvalue weighted by molar-refractivity contribution is -0.0498. The zero-order valence-electron chi connectivity index (χ0n) is 17.4. The molecule has 33 heavy (non-hydrogen) atoms. The molecule has 1 heterocycles. The average Bonchev–Trinajstić information content (AvgIpc) is 3.22. The highest BCUT2D eigenvalue weighted by Gasteiger charge is 2.19. The quantitative estimate of drug-likeness (QED) is 0.211. The molecule has 4 aromatic rings. The van der Waals surface area contributed by atoms with Gasteiger partial charge in [0.15, 0.2) is 16.8 Å². The first-order valence-electron chi connectivity index (χ1n) is 9.90. The van der Waals surface area contributed by atoms with Gasteiger partial charge in [-0.15, -0.1) is 10.2 Å². The maximum absolute atomic E-state index is 12.7. The SMILES string of the molecule is Cc1ccccc1-n1c(SCC(=O)c2ccc(OC(F)F)cc2)nnc1-c1ccc(Cl)cc1. The van der Waals surface area contributed by atoms with Gasteiger partial charge in [-0.25, -0.2) is 0 Å². The van der Waals surface area contributed by atoms with Gasteiger partial charge in [-0.2, -0.15) is 8.78 Å². The molecule has 1 aromatic heterocycles. The van der Waals surface area contributed by atoms with Gasteiger partial charge < -0.3 is 4.74 Å². The van der Waals surface area contributed by atoms with Gasteiger partial charge in [-0.3, -0.25) is 9.36 Å². The number of aryl methyl sites for hydroxylation is 1. The zero-order chi connectivity index (χ0) is 23.4. The van der Waals surface area contributed by atoms with Crippen molar-refractivity contribution in [2.75, 3.05) is 5.75 Å². The van der Waals surface area contributed by atoms with Crippen LogP contribution in [0, 0.1) is 6.92 Å². The van der Waals surface area contributed by atoms with Crippen molar-refractivity contribution in [3.8, 4) is 22.8 Å². The molecule has 0 bridgehead atoms. The lowest BCUT2D eigenvalue weighted by atomic mass is 10.1. The van der Waals surface area contributed by atoms with Crippen LogP contribution in [0.1, 0.15) is 15.9 Å². The number of ether oxygens (including phenoxy) is 1. The van der Waals surface area contributed by atoms with E-state index in [0.29, 0.717) is 21.6 Å². The average molecular weight is 486 g/mol. The molecule has 0 saturated heterocycles. The van der Waals surface area contributed by atoms with Gasteiger partial charge in [0, 0.05) is 16.1 Å². The van der Waals surface area contributed by atoms with E-state index in [-0.39, 0.29) is 17.3 Å². The van der Waals surface area contributed by atoms with E-state index in [1.54, 1.807) is 12.1 Å². The van der Waals surface area contributed by atoms with Crippen LogP contribution >= 0.6 is 23.4 Å². The highest BCUT2D eigenvalue weighted by molar-refractivity contribution is 7.99. The van der Waals surface area contributed by atoms with Crippen molar-refractivity contribution in [3.05, 3.63) is 88.9 Å². The zero-order valence-corrected chi connectivity index (χ0v) is 19.0. The number of carbonyl (C=O) groups is 1. The molecule has 0 unspecified atom stereocenters. The largest absolute Gasteiger partial charge is 0.435 e. The van der Waals surface area contributed by atoms with Crippen molar-refractivity contribution in [1.29, 1.82) is 0 Å². The van der Waals surface area contributed by atoms with Crippen molar-refractivity contribution in [1.82, 2.24) is 14.8 Å². The summed E-state index contributed by atoms with van der Waals surface area (Å²) in [6, 6.07) is 20.7. The minimum atomic E-state index is -2.91. The number of carbonyl (C=O) groups excluding carboxylic acids is 1. The first-order valence-corrected chi connectivity index (χ1v) is 11.3. The van der Waals surface area contributed by atoms with Crippen LogP contribution in [0.4, 0.5) is 8.78 Å². The minimum absolute atomic E-state index is 0.00102. The summed E-state index contributed by atoms with van der Waals surface area (Å²) in [7, 11) is 0. The molecular formula is C24H18ClF2N3O2S. The fourth-order valence-electron chi connectivity index (χ4n) is 3.22. The molecule has 0 fully saturated rings. The Hall–Kier alpha value is -3.23. The molecule has 0 amide bonds. The second-order valence-corrected chi connectivity index (χ2v) is 8.43. The molecule has 0 atom stereocenters. The number of para-hydroxylation sites is 1. The summed E-state index contributed by atoms with van der Waals surface area (Å²) in [5, 5.41) is 9.88. The normalized spacial score (nSPS) is 11.1. The number of Topliss-reactive ketones (excluding diaryl/α,β-unsaturated/α-hetero) is 1. The third kappa shape index (κ3) is 5.40. The Morgan fingerprint density at radius 3 is 2.39 bits per heavy atom. The Labute approximate surface area is 198 Å². The van der Waals surface area contributed by atoms with E-state index in [1.165, 1.54) is 36.0 Å². The van der Waals surface area contributed by atoms with E-state index in [0.717, 1.165) is 16.8 Å². The van der Waals surface area contributed by atoms with Crippen molar-refractivity contribution >= 4 is 29.1 Å². The number of aromatic nitrogens is 3. The predicted octanol–water partition coefficient (Wildman–Crippen LogP) is 6.47. The molecular weight excluding hydrogens is 468 g/mol. The Morgan fingerprint density at radius 1 is 1.03 bits per heavy atom. The smallest absolute Gasteiger partial charge is 0.387 e. The Balaban J connectivity index is 1.61. The number of rotatable bonds is 8. The number of benzene rings is 3. The predicted molar refractivity (Wildman–Crippen MR) is 125 cm³/mol. The van der Waals surface area contributed by atoms with Crippen molar-refractivity contribution in [2.24, 2.45) is 0 Å². The van der Waals surface area contributed by atoms with Gasteiger partial charge in [0.2, 0.25) is 0 Å². The van der Waals surface area contributed by atoms with Crippen LogP contribution < -0.4 is 4.74 Å². The van der Waals surface area contributed by atoms with E-state index < -0.39 is 6.61 Å². The summed E-state index contributed by atoms with van der Waals surface area (Å²) < 4.78 is 30.9. The van der Waals surface area contributed by atoms with Gasteiger partial charge in [-0.05, 0) is 67.1 Å². The first-order chi connectivity index (χ1) is 15.9. The van der Waals surface area contributed by atoms with Gasteiger partial charge >= 0.3 is 6.61 Å². The lowest BCUT2D eigenvalue weighted by Gasteiger charge is -2.13. The topological polar surface area (TPSA) is 57.0 Å². The van der Waals surface area contributed by atoms with Crippen LogP contribution in [0.25, 0.3) is 17.1 Å². The maximum atomic E-state index is 12.7. The lowest BCUT2D eigenvalue weighted by Crippen LogP contribution is -2.06. The summed E-state index contributed by atoms with van der Waals surface area (Å²) in [5.74, 6) is 0.557. The van der Waals surface area contributed by atoms with Crippen LogP contribution in [-0.2, 0) is 0 Å². The summed E-state index contributed by atoms with van der Waals surface area (Å²) in [6.07, 6.45) is 0. The molecule has 0 N–H and O–H groups in total. The minimum Gasteiger partial charge on any atom is -0.435 e. The van der Waals surface area contributed by atoms with Crippen LogP contribution in [0.5, 0.6) is 5.75 Å². The standard InChI is InChI=1S/C24H18ClF2N3O2S/c1-15-4-2-3-5-20(15)30-22(17-6-10-18(25)11-7-17)28-29-24(30)33-14-21(31)16-8-12-19(13-9-16)32-23(26)27/h2-13,23H,14H2,1H3. The van der Waals surface area contributed by atoms with E-state index in [9.17, 15) is 13.6 Å². The Kier molecular flexibility index (Phi) is 7.05. The van der Waals surface area contributed by atoms with E-state index >= 15 is 0 Å². The monoisotopic (exact) mass is 485 g/mol. The number of ketones is 1. The van der Waals surface area contributed by atoms with Crippen LogP contribution in [0.3, 0.4) is 0 Å². The summed E-state index contributed by atoms with van der Waals surface area (Å²) in [6.45, 7) is -0.923.